The highest BCUT2D eigenvalue weighted by atomic mass is 16.1. The summed E-state index contributed by atoms with van der Waals surface area (Å²) in [4.78, 5) is 16.7. The van der Waals surface area contributed by atoms with Crippen LogP contribution >= 0.6 is 0 Å². The van der Waals surface area contributed by atoms with E-state index in [1.807, 2.05) is 49.4 Å². The minimum absolute atomic E-state index is 0.296. The Kier molecular flexibility index (Phi) is 4.34. The number of hydrogen-bond acceptors (Lipinski definition) is 4. The van der Waals surface area contributed by atoms with E-state index in [0.29, 0.717) is 22.5 Å². The highest BCUT2D eigenvalue weighted by Gasteiger charge is 2.14. The molecule has 0 bridgehead atoms. The third-order valence-electron chi connectivity index (χ3n) is 4.53. The van der Waals surface area contributed by atoms with E-state index in [1.54, 1.807) is 13.0 Å². The Balaban J connectivity index is 1.67. The number of carbonyl (C=O) groups excluding carboxylic acids is 1. The van der Waals surface area contributed by atoms with Gasteiger partial charge in [-0.1, -0.05) is 23.8 Å². The molecule has 0 saturated carbocycles. The smallest absolute Gasteiger partial charge is 0.274 e. The highest BCUT2D eigenvalue weighted by Crippen LogP contribution is 2.29. The largest absolute Gasteiger partial charge is 0.321 e. The maximum absolute atomic E-state index is 12.6. The van der Waals surface area contributed by atoms with E-state index >= 15 is 0 Å². The second kappa shape index (κ2) is 6.97. The van der Waals surface area contributed by atoms with Crippen molar-refractivity contribution in [2.75, 3.05) is 5.32 Å². The summed E-state index contributed by atoms with van der Waals surface area (Å²) < 4.78 is 0. The molecule has 6 heteroatoms. The minimum atomic E-state index is -0.318. The Morgan fingerprint density at radius 2 is 2.00 bits per heavy atom. The van der Waals surface area contributed by atoms with Crippen LogP contribution in [-0.4, -0.2) is 21.1 Å². The number of aromatic amines is 1. The van der Waals surface area contributed by atoms with Gasteiger partial charge in [0.15, 0.2) is 0 Å². The van der Waals surface area contributed by atoms with Crippen LogP contribution < -0.4 is 5.32 Å². The molecule has 4 rings (SSSR count). The van der Waals surface area contributed by atoms with Gasteiger partial charge in [-0.05, 0) is 49.7 Å². The van der Waals surface area contributed by atoms with Crippen LogP contribution in [0.2, 0.25) is 0 Å². The second-order valence-corrected chi connectivity index (χ2v) is 6.66. The summed E-state index contributed by atoms with van der Waals surface area (Å²) in [6.07, 6.45) is 1.40. The summed E-state index contributed by atoms with van der Waals surface area (Å²) >= 11 is 0. The fourth-order valence-electron chi connectivity index (χ4n) is 3.17. The lowest BCUT2D eigenvalue weighted by Gasteiger charge is -2.08. The molecule has 0 radical (unpaired) electrons. The number of rotatable bonds is 3. The maximum Gasteiger partial charge on any atom is 0.274 e. The van der Waals surface area contributed by atoms with Gasteiger partial charge in [0.2, 0.25) is 0 Å². The number of H-pyrrole nitrogens is 1. The Bertz CT molecular complexity index is 1250. The number of aryl methyl sites for hydroxylation is 2. The fourth-order valence-corrected chi connectivity index (χ4v) is 3.17. The third kappa shape index (κ3) is 3.21. The number of anilines is 1. The zero-order chi connectivity index (χ0) is 19.7. The summed E-state index contributed by atoms with van der Waals surface area (Å²) in [7, 11) is 0. The standard InChI is InChI=1S/C22H17N5O/c1-13-4-3-5-16(8-13)21-18-10-17(6-7-19(18)26-27-21)25-22(28)20-14(2)9-15(11-23)12-24-20/h3-10,12H,1-2H3,(H,25,28)(H,26,27). The summed E-state index contributed by atoms with van der Waals surface area (Å²) in [5.74, 6) is -0.318. The van der Waals surface area contributed by atoms with Gasteiger partial charge in [-0.3, -0.25) is 9.89 Å². The lowest BCUT2D eigenvalue weighted by Crippen LogP contribution is -2.15. The number of nitrogens with zero attached hydrogens (tertiary/aromatic N) is 3. The van der Waals surface area contributed by atoms with Gasteiger partial charge in [0.1, 0.15) is 11.8 Å². The predicted molar refractivity (Wildman–Crippen MR) is 108 cm³/mol. The number of aromatic nitrogens is 3. The zero-order valence-corrected chi connectivity index (χ0v) is 15.4. The molecular formula is C22H17N5O. The predicted octanol–water partition coefficient (Wildman–Crippen LogP) is 4.37. The first kappa shape index (κ1) is 17.4. The topological polar surface area (TPSA) is 94.5 Å². The van der Waals surface area contributed by atoms with Crippen molar-refractivity contribution in [3.63, 3.8) is 0 Å². The number of benzene rings is 2. The molecule has 0 unspecified atom stereocenters. The lowest BCUT2D eigenvalue weighted by molar-refractivity contribution is 0.102. The lowest BCUT2D eigenvalue weighted by atomic mass is 10.1. The first-order valence-electron chi connectivity index (χ1n) is 8.78. The number of amides is 1. The van der Waals surface area contributed by atoms with Crippen LogP contribution in [0.25, 0.3) is 22.2 Å². The van der Waals surface area contributed by atoms with Crippen molar-refractivity contribution in [3.8, 4) is 17.3 Å². The summed E-state index contributed by atoms with van der Waals surface area (Å²) in [5.41, 5.74) is 5.92. The van der Waals surface area contributed by atoms with E-state index in [4.69, 9.17) is 5.26 Å². The van der Waals surface area contributed by atoms with Gasteiger partial charge in [0.25, 0.3) is 5.91 Å². The molecule has 28 heavy (non-hydrogen) atoms. The SMILES string of the molecule is Cc1cccc(-c2n[nH]c3ccc(NC(=O)c4ncc(C#N)cc4C)cc23)c1. The molecule has 0 aliphatic carbocycles. The van der Waals surface area contributed by atoms with Crippen LogP contribution in [0.4, 0.5) is 5.69 Å². The van der Waals surface area contributed by atoms with Crippen molar-refractivity contribution < 1.29 is 4.79 Å². The fraction of sp³-hybridized carbons (Fsp3) is 0.0909. The van der Waals surface area contributed by atoms with E-state index in [1.165, 1.54) is 6.20 Å². The van der Waals surface area contributed by atoms with E-state index in [9.17, 15) is 4.79 Å². The Labute approximate surface area is 161 Å². The van der Waals surface area contributed by atoms with Crippen LogP contribution in [0.3, 0.4) is 0 Å². The van der Waals surface area contributed by atoms with Gasteiger partial charge < -0.3 is 5.32 Å². The number of fused-ring (bicyclic) bond motifs is 1. The molecule has 0 fully saturated rings. The van der Waals surface area contributed by atoms with E-state index in [-0.39, 0.29) is 5.91 Å². The molecule has 4 aromatic rings. The summed E-state index contributed by atoms with van der Waals surface area (Å²) in [6, 6.07) is 17.4. The van der Waals surface area contributed by atoms with Gasteiger partial charge in [0, 0.05) is 22.8 Å². The molecule has 6 nitrogen and oxygen atoms in total. The average molecular weight is 367 g/mol. The molecule has 2 heterocycles. The summed E-state index contributed by atoms with van der Waals surface area (Å²) in [6.45, 7) is 3.80. The molecule has 0 spiro atoms. The third-order valence-corrected chi connectivity index (χ3v) is 4.53. The number of carbonyl (C=O) groups is 1. The molecule has 0 aliphatic rings. The number of nitriles is 1. The van der Waals surface area contributed by atoms with Crippen LogP contribution in [0.15, 0.2) is 54.7 Å². The van der Waals surface area contributed by atoms with Crippen molar-refractivity contribution in [2.45, 2.75) is 13.8 Å². The number of pyridine rings is 1. The van der Waals surface area contributed by atoms with Gasteiger partial charge in [-0.25, -0.2) is 4.98 Å². The molecule has 2 aromatic heterocycles. The highest BCUT2D eigenvalue weighted by molar-refractivity contribution is 6.05. The van der Waals surface area contributed by atoms with E-state index in [2.05, 4.69) is 26.6 Å². The molecule has 1 amide bonds. The molecular weight excluding hydrogens is 350 g/mol. The molecule has 2 aromatic carbocycles. The van der Waals surface area contributed by atoms with Gasteiger partial charge >= 0.3 is 0 Å². The minimum Gasteiger partial charge on any atom is -0.321 e. The van der Waals surface area contributed by atoms with Crippen molar-refractivity contribution in [2.24, 2.45) is 0 Å². The second-order valence-electron chi connectivity index (χ2n) is 6.66. The first-order valence-corrected chi connectivity index (χ1v) is 8.78. The zero-order valence-electron chi connectivity index (χ0n) is 15.4. The van der Waals surface area contributed by atoms with Crippen LogP contribution in [0.1, 0.15) is 27.2 Å². The quantitative estimate of drug-likeness (QED) is 0.562. The maximum atomic E-state index is 12.6. The van der Waals surface area contributed by atoms with Gasteiger partial charge in [-0.2, -0.15) is 10.4 Å². The molecule has 136 valence electrons. The molecule has 2 N–H and O–H groups in total. The molecule has 0 atom stereocenters. The average Bonchev–Trinajstić information content (AvgIpc) is 3.11. The Hall–Kier alpha value is -3.98. The number of hydrogen-bond donors (Lipinski definition) is 2. The van der Waals surface area contributed by atoms with E-state index in [0.717, 1.165) is 27.7 Å². The van der Waals surface area contributed by atoms with Crippen LogP contribution in [-0.2, 0) is 0 Å². The van der Waals surface area contributed by atoms with Crippen molar-refractivity contribution in [3.05, 3.63) is 77.1 Å². The summed E-state index contributed by atoms with van der Waals surface area (Å²) in [5, 5.41) is 20.2. The van der Waals surface area contributed by atoms with Crippen LogP contribution in [0.5, 0.6) is 0 Å². The van der Waals surface area contributed by atoms with Gasteiger partial charge in [-0.15, -0.1) is 0 Å². The Morgan fingerprint density at radius 1 is 1.14 bits per heavy atom. The number of nitrogens with one attached hydrogen (secondary N) is 2. The van der Waals surface area contributed by atoms with Crippen LogP contribution in [0, 0.1) is 25.2 Å². The van der Waals surface area contributed by atoms with Crippen molar-refractivity contribution >= 4 is 22.5 Å². The first-order chi connectivity index (χ1) is 13.5. The Morgan fingerprint density at radius 3 is 2.75 bits per heavy atom. The van der Waals surface area contributed by atoms with E-state index < -0.39 is 0 Å². The molecule has 0 aliphatic heterocycles. The van der Waals surface area contributed by atoms with Gasteiger partial charge in [0.05, 0.1) is 16.8 Å². The molecule has 0 saturated heterocycles. The van der Waals surface area contributed by atoms with Crippen molar-refractivity contribution in [1.82, 2.24) is 15.2 Å². The normalized spacial score (nSPS) is 10.6. The van der Waals surface area contributed by atoms with Crippen molar-refractivity contribution in [1.29, 1.82) is 5.26 Å². The monoisotopic (exact) mass is 367 g/mol.